The molecule has 174 valence electrons. The van der Waals surface area contributed by atoms with Crippen molar-refractivity contribution in [3.63, 3.8) is 0 Å². The van der Waals surface area contributed by atoms with Crippen LogP contribution < -0.4 is 10.1 Å². The van der Waals surface area contributed by atoms with Gasteiger partial charge in [0.2, 0.25) is 0 Å². The molecule has 1 unspecified atom stereocenters. The fourth-order valence-corrected chi connectivity index (χ4v) is 3.47. The number of fused-ring (bicyclic) bond motifs is 1. The molecule has 1 aromatic heterocycles. The number of halogens is 6. The summed E-state index contributed by atoms with van der Waals surface area (Å²) in [6.45, 7) is 1.68. The Balaban J connectivity index is 1.49. The van der Waals surface area contributed by atoms with Crippen molar-refractivity contribution in [1.82, 2.24) is 10.5 Å². The van der Waals surface area contributed by atoms with E-state index in [-0.39, 0.29) is 24.4 Å². The Morgan fingerprint density at radius 1 is 1.03 bits per heavy atom. The van der Waals surface area contributed by atoms with Gasteiger partial charge in [-0.25, -0.2) is 0 Å². The maximum Gasteiger partial charge on any atom is 0.416 e. The first-order valence-electron chi connectivity index (χ1n) is 9.73. The minimum Gasteiger partial charge on any atom is -0.490 e. The van der Waals surface area contributed by atoms with Crippen LogP contribution in [0.2, 0.25) is 0 Å². The molecular formula is C22H16F6N2O3. The summed E-state index contributed by atoms with van der Waals surface area (Å²) in [5.74, 6) is 0.0532. The standard InChI is InChI=1S/C22H16F6N2O3/c1-11-4-13-5-12(2-3-18(13)32-11)19-9-17(30-33-19)10-29-20(31)14-6-15(21(23,24)25)8-16(7-14)22(26,27)28/h2-3,5-9,11H,4,10H2,1H3,(H,29,31). The second-order valence-electron chi connectivity index (χ2n) is 7.61. The molecule has 0 bridgehead atoms. The molecule has 0 aliphatic carbocycles. The fourth-order valence-electron chi connectivity index (χ4n) is 3.47. The van der Waals surface area contributed by atoms with E-state index in [0.717, 1.165) is 17.7 Å². The smallest absolute Gasteiger partial charge is 0.416 e. The number of nitrogens with one attached hydrogen (secondary N) is 1. The molecule has 1 atom stereocenters. The molecule has 3 aromatic rings. The van der Waals surface area contributed by atoms with E-state index in [0.29, 0.717) is 23.5 Å². The van der Waals surface area contributed by atoms with E-state index < -0.39 is 35.0 Å². The van der Waals surface area contributed by atoms with Crippen molar-refractivity contribution in [1.29, 1.82) is 0 Å². The van der Waals surface area contributed by atoms with Crippen LogP contribution in [0, 0.1) is 0 Å². The highest BCUT2D eigenvalue weighted by atomic mass is 19.4. The van der Waals surface area contributed by atoms with Crippen molar-refractivity contribution in [3.8, 4) is 17.1 Å². The molecular weight excluding hydrogens is 454 g/mol. The second-order valence-corrected chi connectivity index (χ2v) is 7.61. The van der Waals surface area contributed by atoms with Gasteiger partial charge in [0.25, 0.3) is 5.91 Å². The predicted molar refractivity (Wildman–Crippen MR) is 103 cm³/mol. The van der Waals surface area contributed by atoms with E-state index >= 15 is 0 Å². The van der Waals surface area contributed by atoms with E-state index in [2.05, 4.69) is 10.5 Å². The zero-order chi connectivity index (χ0) is 24.0. The van der Waals surface area contributed by atoms with Crippen LogP contribution in [0.15, 0.2) is 47.0 Å². The van der Waals surface area contributed by atoms with Gasteiger partial charge in [0.1, 0.15) is 17.5 Å². The third-order valence-corrected chi connectivity index (χ3v) is 5.02. The Hall–Kier alpha value is -3.50. The van der Waals surface area contributed by atoms with Gasteiger partial charge in [-0.15, -0.1) is 0 Å². The molecule has 0 saturated heterocycles. The fraction of sp³-hybridized carbons (Fsp3) is 0.273. The van der Waals surface area contributed by atoms with Crippen LogP contribution in [0.25, 0.3) is 11.3 Å². The molecule has 1 N–H and O–H groups in total. The van der Waals surface area contributed by atoms with E-state index in [9.17, 15) is 31.1 Å². The van der Waals surface area contributed by atoms with E-state index in [1.807, 2.05) is 13.0 Å². The Morgan fingerprint density at radius 2 is 1.70 bits per heavy atom. The highest BCUT2D eigenvalue weighted by Gasteiger charge is 2.37. The number of nitrogens with zero attached hydrogens (tertiary/aromatic N) is 1. The lowest BCUT2D eigenvalue weighted by molar-refractivity contribution is -0.143. The van der Waals surface area contributed by atoms with Crippen LogP contribution in [0.3, 0.4) is 0 Å². The Kier molecular flexibility index (Phi) is 5.59. The van der Waals surface area contributed by atoms with E-state index in [1.54, 1.807) is 12.1 Å². The van der Waals surface area contributed by atoms with E-state index in [4.69, 9.17) is 9.26 Å². The molecule has 1 amide bonds. The first-order valence-corrected chi connectivity index (χ1v) is 9.73. The first kappa shape index (κ1) is 22.7. The minimum absolute atomic E-state index is 0.0386. The Labute approximate surface area is 183 Å². The molecule has 33 heavy (non-hydrogen) atoms. The summed E-state index contributed by atoms with van der Waals surface area (Å²) in [5.41, 5.74) is -1.96. The van der Waals surface area contributed by atoms with Crippen molar-refractivity contribution < 1.29 is 40.4 Å². The molecule has 0 spiro atoms. The van der Waals surface area contributed by atoms with Gasteiger partial charge in [0.15, 0.2) is 5.76 Å². The van der Waals surface area contributed by atoms with Gasteiger partial charge < -0.3 is 14.6 Å². The van der Waals surface area contributed by atoms with Gasteiger partial charge in [-0.1, -0.05) is 5.16 Å². The average Bonchev–Trinajstić information content (AvgIpc) is 3.35. The monoisotopic (exact) mass is 470 g/mol. The van der Waals surface area contributed by atoms with Gasteiger partial charge in [0.05, 0.1) is 17.7 Å². The molecule has 2 heterocycles. The Bertz CT molecular complexity index is 1170. The number of hydrogen-bond donors (Lipinski definition) is 1. The van der Waals surface area contributed by atoms with Gasteiger partial charge >= 0.3 is 12.4 Å². The van der Waals surface area contributed by atoms with Crippen molar-refractivity contribution in [3.05, 3.63) is 70.4 Å². The zero-order valence-electron chi connectivity index (χ0n) is 17.0. The highest BCUT2D eigenvalue weighted by molar-refractivity contribution is 5.94. The van der Waals surface area contributed by atoms with Crippen molar-refractivity contribution in [2.45, 2.75) is 38.3 Å². The lowest BCUT2D eigenvalue weighted by Gasteiger charge is -2.14. The average molecular weight is 470 g/mol. The van der Waals surface area contributed by atoms with Gasteiger partial charge in [-0.3, -0.25) is 4.79 Å². The van der Waals surface area contributed by atoms with Crippen LogP contribution in [-0.2, 0) is 25.3 Å². The molecule has 2 aromatic carbocycles. The summed E-state index contributed by atoms with van der Waals surface area (Å²) in [6, 6.07) is 7.66. The van der Waals surface area contributed by atoms with Crippen LogP contribution >= 0.6 is 0 Å². The van der Waals surface area contributed by atoms with Gasteiger partial charge in [-0.2, -0.15) is 26.3 Å². The lowest BCUT2D eigenvalue weighted by atomic mass is 10.0. The second kappa shape index (κ2) is 8.13. The summed E-state index contributed by atoms with van der Waals surface area (Å²) >= 11 is 0. The number of carbonyl (C=O) groups is 1. The quantitative estimate of drug-likeness (QED) is 0.502. The topological polar surface area (TPSA) is 64.4 Å². The largest absolute Gasteiger partial charge is 0.490 e. The third-order valence-electron chi connectivity index (χ3n) is 5.02. The molecule has 5 nitrogen and oxygen atoms in total. The molecule has 1 aliphatic heterocycles. The number of carbonyl (C=O) groups excluding carboxylic acids is 1. The van der Waals surface area contributed by atoms with E-state index in [1.165, 1.54) is 6.07 Å². The maximum absolute atomic E-state index is 13.0. The first-order chi connectivity index (χ1) is 15.4. The number of alkyl halides is 6. The van der Waals surface area contributed by atoms with Crippen molar-refractivity contribution >= 4 is 5.91 Å². The van der Waals surface area contributed by atoms with Crippen molar-refractivity contribution in [2.75, 3.05) is 0 Å². The number of benzene rings is 2. The molecule has 0 fully saturated rings. The third kappa shape index (κ3) is 4.96. The van der Waals surface area contributed by atoms with Crippen LogP contribution in [-0.4, -0.2) is 17.2 Å². The van der Waals surface area contributed by atoms with Gasteiger partial charge in [-0.05, 0) is 48.9 Å². The van der Waals surface area contributed by atoms with Crippen LogP contribution in [0.5, 0.6) is 5.75 Å². The van der Waals surface area contributed by atoms with Gasteiger partial charge in [0, 0.05) is 23.6 Å². The normalized spacial score (nSPS) is 15.8. The summed E-state index contributed by atoms with van der Waals surface area (Å²) in [5, 5.41) is 6.07. The Morgan fingerprint density at radius 3 is 2.33 bits per heavy atom. The number of hydrogen-bond acceptors (Lipinski definition) is 4. The van der Waals surface area contributed by atoms with Crippen LogP contribution in [0.1, 0.15) is 39.7 Å². The maximum atomic E-state index is 13.0. The molecule has 1 aliphatic rings. The summed E-state index contributed by atoms with van der Waals surface area (Å²) < 4.78 is 88.8. The zero-order valence-corrected chi connectivity index (χ0v) is 17.0. The molecule has 0 saturated carbocycles. The molecule has 11 heteroatoms. The SMILES string of the molecule is CC1Cc2cc(-c3cc(CNC(=O)c4cc(C(F)(F)F)cc(C(F)(F)F)c4)no3)ccc2O1. The summed E-state index contributed by atoms with van der Waals surface area (Å²) in [7, 11) is 0. The summed E-state index contributed by atoms with van der Waals surface area (Å²) in [4.78, 5) is 12.3. The number of aromatic nitrogens is 1. The number of amides is 1. The minimum atomic E-state index is -5.05. The number of ether oxygens (including phenoxy) is 1. The molecule has 4 rings (SSSR count). The van der Waals surface area contributed by atoms with Crippen molar-refractivity contribution in [2.24, 2.45) is 0 Å². The highest BCUT2D eigenvalue weighted by Crippen LogP contribution is 2.36. The lowest BCUT2D eigenvalue weighted by Crippen LogP contribution is -2.24. The number of rotatable bonds is 4. The molecule has 0 radical (unpaired) electrons. The predicted octanol–water partition coefficient (Wildman–Crippen LogP) is 5.63. The van der Waals surface area contributed by atoms with Crippen LogP contribution in [0.4, 0.5) is 26.3 Å². The summed E-state index contributed by atoms with van der Waals surface area (Å²) in [6.07, 6.45) is -9.30.